The lowest BCUT2D eigenvalue weighted by Crippen LogP contribution is -2.48. The molecule has 0 amide bonds. The van der Waals surface area contributed by atoms with Crippen molar-refractivity contribution in [2.24, 2.45) is 5.92 Å². The van der Waals surface area contributed by atoms with Gasteiger partial charge in [-0.25, -0.2) is 0 Å². The second-order valence-corrected chi connectivity index (χ2v) is 7.59. The van der Waals surface area contributed by atoms with Crippen LogP contribution in [0.15, 0.2) is 42.5 Å². The number of carbonyl (C=O) groups excluding carboxylic acids is 2. The molecule has 3 heteroatoms. The van der Waals surface area contributed by atoms with Gasteiger partial charge in [-0.15, -0.1) is 0 Å². The highest BCUT2D eigenvalue weighted by atomic mass is 16.6. The molecule has 2 aliphatic rings. The molecule has 1 aliphatic carbocycles. The van der Waals surface area contributed by atoms with Gasteiger partial charge in [-0.05, 0) is 47.9 Å². The van der Waals surface area contributed by atoms with Crippen molar-refractivity contribution in [3.05, 3.63) is 48.0 Å². The molecule has 1 unspecified atom stereocenters. The molecular weight excluding hydrogens is 312 g/mol. The molecule has 1 saturated carbocycles. The van der Waals surface area contributed by atoms with Crippen LogP contribution in [0.2, 0.25) is 0 Å². The molecule has 2 fully saturated rings. The van der Waals surface area contributed by atoms with Crippen LogP contribution in [0, 0.1) is 5.92 Å². The van der Waals surface area contributed by atoms with Gasteiger partial charge in [-0.1, -0.05) is 55.3 Å². The molecule has 1 atom stereocenters. The van der Waals surface area contributed by atoms with Gasteiger partial charge in [0.1, 0.15) is 17.8 Å². The van der Waals surface area contributed by atoms with E-state index in [2.05, 4.69) is 30.3 Å². The van der Waals surface area contributed by atoms with E-state index in [0.29, 0.717) is 12.3 Å². The quantitative estimate of drug-likeness (QED) is 0.605. The number of Topliss-reactive ketones (excluding diaryl/α,β-unsaturated/α-hetero) is 1. The Bertz CT molecular complexity index is 786. The van der Waals surface area contributed by atoms with Crippen LogP contribution in [0.5, 0.6) is 0 Å². The number of aryl methyl sites for hydroxylation is 1. The molecule has 0 spiro atoms. The maximum absolute atomic E-state index is 12.1. The van der Waals surface area contributed by atoms with E-state index in [0.717, 1.165) is 25.7 Å². The molecule has 0 radical (unpaired) electrons. The van der Waals surface area contributed by atoms with Crippen LogP contribution in [0.25, 0.3) is 10.8 Å². The Balaban J connectivity index is 1.57. The van der Waals surface area contributed by atoms with E-state index in [1.165, 1.54) is 29.2 Å². The highest BCUT2D eigenvalue weighted by Gasteiger charge is 2.47. The Kier molecular flexibility index (Phi) is 4.32. The van der Waals surface area contributed by atoms with Crippen molar-refractivity contribution in [2.45, 2.75) is 57.0 Å². The third kappa shape index (κ3) is 3.33. The summed E-state index contributed by atoms with van der Waals surface area (Å²) in [6.45, 7) is 0. The first-order valence-electron chi connectivity index (χ1n) is 9.36. The van der Waals surface area contributed by atoms with Crippen molar-refractivity contribution >= 4 is 22.5 Å². The minimum Gasteiger partial charge on any atom is -0.458 e. The first-order chi connectivity index (χ1) is 12.1. The van der Waals surface area contributed by atoms with Crippen LogP contribution >= 0.6 is 0 Å². The van der Waals surface area contributed by atoms with E-state index in [-0.39, 0.29) is 18.2 Å². The van der Waals surface area contributed by atoms with Crippen LogP contribution in [-0.2, 0) is 20.7 Å². The Morgan fingerprint density at radius 2 is 1.76 bits per heavy atom. The monoisotopic (exact) mass is 336 g/mol. The summed E-state index contributed by atoms with van der Waals surface area (Å²) in [7, 11) is 0. The fourth-order valence-corrected chi connectivity index (χ4v) is 4.63. The number of carbonyl (C=O) groups is 2. The topological polar surface area (TPSA) is 43.4 Å². The minimum atomic E-state index is -0.575. The molecule has 1 saturated heterocycles. The van der Waals surface area contributed by atoms with Crippen molar-refractivity contribution in [3.63, 3.8) is 0 Å². The number of hydrogen-bond donors (Lipinski definition) is 0. The van der Waals surface area contributed by atoms with Crippen LogP contribution in [0.3, 0.4) is 0 Å². The zero-order valence-electron chi connectivity index (χ0n) is 14.5. The summed E-state index contributed by atoms with van der Waals surface area (Å²) in [5.41, 5.74) is 0.666. The Morgan fingerprint density at radius 1 is 1.00 bits per heavy atom. The van der Waals surface area contributed by atoms with Crippen LogP contribution in [0.4, 0.5) is 0 Å². The normalized spacial score (nSPS) is 24.6. The lowest BCUT2D eigenvalue weighted by atomic mass is 9.76. The lowest BCUT2D eigenvalue weighted by molar-refractivity contribution is -0.178. The molecule has 2 aromatic rings. The number of rotatable bonds is 4. The smallest absolute Gasteiger partial charge is 0.313 e. The highest BCUT2D eigenvalue weighted by molar-refractivity contribution is 5.98. The van der Waals surface area contributed by atoms with Gasteiger partial charge in [0.25, 0.3) is 0 Å². The van der Waals surface area contributed by atoms with Crippen LogP contribution in [-0.4, -0.2) is 17.4 Å². The summed E-state index contributed by atoms with van der Waals surface area (Å²) >= 11 is 0. The predicted molar refractivity (Wildman–Crippen MR) is 97.3 cm³/mol. The summed E-state index contributed by atoms with van der Waals surface area (Å²) in [6.07, 6.45) is 6.41. The SMILES string of the molecule is O=C1CC(=O)OC(CCc2ccc3ccccc3c2)(C2CCCC2)C1. The average molecular weight is 336 g/mol. The summed E-state index contributed by atoms with van der Waals surface area (Å²) in [5, 5.41) is 2.46. The third-order valence-electron chi connectivity index (χ3n) is 5.90. The van der Waals surface area contributed by atoms with Crippen molar-refractivity contribution in [1.82, 2.24) is 0 Å². The Morgan fingerprint density at radius 3 is 2.52 bits per heavy atom. The number of ketones is 1. The number of benzene rings is 2. The average Bonchev–Trinajstić information content (AvgIpc) is 3.14. The molecule has 3 nitrogen and oxygen atoms in total. The van der Waals surface area contributed by atoms with Crippen molar-refractivity contribution < 1.29 is 14.3 Å². The van der Waals surface area contributed by atoms with Crippen molar-refractivity contribution in [2.75, 3.05) is 0 Å². The molecule has 0 bridgehead atoms. The van der Waals surface area contributed by atoms with Gasteiger partial charge in [-0.2, -0.15) is 0 Å². The number of fused-ring (bicyclic) bond motifs is 1. The van der Waals surface area contributed by atoms with Gasteiger partial charge >= 0.3 is 5.97 Å². The molecule has 130 valence electrons. The molecular formula is C22H24O3. The largest absolute Gasteiger partial charge is 0.458 e. The van der Waals surface area contributed by atoms with E-state index in [4.69, 9.17) is 4.74 Å². The molecule has 1 heterocycles. The van der Waals surface area contributed by atoms with Gasteiger partial charge in [0.05, 0.1) is 0 Å². The second-order valence-electron chi connectivity index (χ2n) is 7.59. The van der Waals surface area contributed by atoms with E-state index < -0.39 is 5.60 Å². The second kappa shape index (κ2) is 6.62. The number of hydrogen-bond acceptors (Lipinski definition) is 3. The third-order valence-corrected chi connectivity index (χ3v) is 5.90. The molecule has 0 N–H and O–H groups in total. The maximum atomic E-state index is 12.1. The molecule has 0 aromatic heterocycles. The summed E-state index contributed by atoms with van der Waals surface area (Å²) < 4.78 is 5.88. The first-order valence-corrected chi connectivity index (χ1v) is 9.36. The molecule has 2 aromatic carbocycles. The van der Waals surface area contributed by atoms with E-state index in [1.807, 2.05) is 12.1 Å². The van der Waals surface area contributed by atoms with Gasteiger partial charge in [0.15, 0.2) is 0 Å². The number of ether oxygens (including phenoxy) is 1. The van der Waals surface area contributed by atoms with Gasteiger partial charge < -0.3 is 4.74 Å². The first kappa shape index (κ1) is 16.3. The van der Waals surface area contributed by atoms with Crippen molar-refractivity contribution in [1.29, 1.82) is 0 Å². The number of esters is 1. The molecule has 1 aliphatic heterocycles. The summed E-state index contributed by atoms with van der Waals surface area (Å²) in [5.74, 6) is 0.0458. The zero-order chi connectivity index (χ0) is 17.3. The highest BCUT2D eigenvalue weighted by Crippen LogP contribution is 2.43. The maximum Gasteiger partial charge on any atom is 0.313 e. The standard InChI is InChI=1S/C22H24O3/c23-20-14-21(24)25-22(15-20,19-7-3-4-8-19)12-11-16-9-10-17-5-1-2-6-18(17)13-16/h1-2,5-6,9-10,13,19H,3-4,7-8,11-12,14-15H2. The lowest BCUT2D eigenvalue weighted by Gasteiger charge is -2.41. The van der Waals surface area contributed by atoms with Crippen molar-refractivity contribution in [3.8, 4) is 0 Å². The predicted octanol–water partition coefficient (Wildman–Crippen LogP) is 4.61. The van der Waals surface area contributed by atoms with Crippen LogP contribution in [0.1, 0.15) is 50.5 Å². The summed E-state index contributed by atoms with van der Waals surface area (Å²) in [6, 6.07) is 14.8. The number of cyclic esters (lactones) is 1. The molecule has 4 rings (SSSR count). The minimum absolute atomic E-state index is 0.0432. The van der Waals surface area contributed by atoms with Gasteiger partial charge in [-0.3, -0.25) is 9.59 Å². The van der Waals surface area contributed by atoms with E-state index in [9.17, 15) is 9.59 Å². The summed E-state index contributed by atoms with van der Waals surface area (Å²) in [4.78, 5) is 24.1. The Hall–Kier alpha value is -2.16. The fraction of sp³-hybridized carbons (Fsp3) is 0.455. The van der Waals surface area contributed by atoms with Crippen LogP contribution < -0.4 is 0 Å². The molecule has 25 heavy (non-hydrogen) atoms. The van der Waals surface area contributed by atoms with E-state index in [1.54, 1.807) is 0 Å². The zero-order valence-corrected chi connectivity index (χ0v) is 14.5. The fourth-order valence-electron chi connectivity index (χ4n) is 4.63. The van der Waals surface area contributed by atoms with E-state index >= 15 is 0 Å². The van der Waals surface area contributed by atoms with Gasteiger partial charge in [0, 0.05) is 6.42 Å². The Labute approximate surface area is 148 Å². The van der Waals surface area contributed by atoms with Gasteiger partial charge in [0.2, 0.25) is 0 Å².